The maximum Gasteiger partial charge on any atom is 0.125 e. The van der Waals surface area contributed by atoms with Crippen molar-refractivity contribution >= 4 is 0 Å². The summed E-state index contributed by atoms with van der Waals surface area (Å²) in [6.07, 6.45) is 7.69. The van der Waals surface area contributed by atoms with Gasteiger partial charge in [-0.05, 0) is 31.7 Å². The first-order chi connectivity index (χ1) is 8.29. The summed E-state index contributed by atoms with van der Waals surface area (Å²) in [5.74, 6) is 0.896. The van der Waals surface area contributed by atoms with Gasteiger partial charge in [0.05, 0.1) is 6.10 Å². The van der Waals surface area contributed by atoms with Crippen molar-refractivity contribution in [2.24, 2.45) is 0 Å². The highest BCUT2D eigenvalue weighted by Crippen LogP contribution is 2.45. The van der Waals surface area contributed by atoms with Crippen LogP contribution >= 0.6 is 0 Å². The summed E-state index contributed by atoms with van der Waals surface area (Å²) in [6, 6.07) is 7.92. The first kappa shape index (κ1) is 11.1. The SMILES string of the molecule is O[C@H]1CC2(CCCCCC2)Oc2ccccc21. The molecule has 0 bridgehead atoms. The van der Waals surface area contributed by atoms with Gasteiger partial charge in [-0.25, -0.2) is 0 Å². The summed E-state index contributed by atoms with van der Waals surface area (Å²) in [4.78, 5) is 0. The largest absolute Gasteiger partial charge is 0.487 e. The van der Waals surface area contributed by atoms with Crippen LogP contribution in [0.3, 0.4) is 0 Å². The van der Waals surface area contributed by atoms with E-state index in [0.29, 0.717) is 0 Å². The summed E-state index contributed by atoms with van der Waals surface area (Å²) >= 11 is 0. The van der Waals surface area contributed by atoms with Gasteiger partial charge in [-0.1, -0.05) is 31.0 Å². The van der Waals surface area contributed by atoms with Gasteiger partial charge >= 0.3 is 0 Å². The zero-order valence-electron chi connectivity index (χ0n) is 10.2. The van der Waals surface area contributed by atoms with Gasteiger partial charge < -0.3 is 9.84 Å². The fourth-order valence-corrected chi connectivity index (χ4v) is 3.27. The second-order valence-electron chi connectivity index (χ2n) is 5.46. The molecule has 1 aliphatic heterocycles. The minimum atomic E-state index is -0.349. The van der Waals surface area contributed by atoms with E-state index in [1.54, 1.807) is 0 Å². The quantitative estimate of drug-likeness (QED) is 0.740. The summed E-state index contributed by atoms with van der Waals surface area (Å²) < 4.78 is 6.25. The molecule has 0 aromatic heterocycles. The maximum absolute atomic E-state index is 10.3. The van der Waals surface area contributed by atoms with Gasteiger partial charge in [0.25, 0.3) is 0 Å². The van der Waals surface area contributed by atoms with Crippen molar-refractivity contribution in [3.05, 3.63) is 29.8 Å². The van der Waals surface area contributed by atoms with E-state index in [-0.39, 0.29) is 11.7 Å². The molecule has 1 atom stereocenters. The zero-order valence-corrected chi connectivity index (χ0v) is 10.2. The number of benzene rings is 1. The molecule has 1 aliphatic carbocycles. The standard InChI is InChI=1S/C15H20O2/c16-13-11-15(9-5-1-2-6-10-15)17-14-8-4-3-7-12(13)14/h3-4,7-8,13,16H,1-2,5-6,9-11H2/t13-/m0/s1. The molecule has 1 saturated carbocycles. The van der Waals surface area contributed by atoms with E-state index >= 15 is 0 Å². The average molecular weight is 232 g/mol. The topological polar surface area (TPSA) is 29.5 Å². The lowest BCUT2D eigenvalue weighted by atomic mass is 9.83. The van der Waals surface area contributed by atoms with Crippen LogP contribution in [0, 0.1) is 0 Å². The highest BCUT2D eigenvalue weighted by atomic mass is 16.5. The van der Waals surface area contributed by atoms with E-state index in [4.69, 9.17) is 4.74 Å². The normalized spacial score (nSPS) is 27.0. The fraction of sp³-hybridized carbons (Fsp3) is 0.600. The van der Waals surface area contributed by atoms with Crippen LogP contribution in [-0.2, 0) is 0 Å². The van der Waals surface area contributed by atoms with Crippen molar-refractivity contribution < 1.29 is 9.84 Å². The Kier molecular flexibility index (Phi) is 2.83. The second-order valence-corrected chi connectivity index (χ2v) is 5.46. The van der Waals surface area contributed by atoms with Crippen LogP contribution in [0.2, 0.25) is 0 Å². The number of hydrogen-bond acceptors (Lipinski definition) is 2. The number of ether oxygens (including phenoxy) is 1. The molecular formula is C15H20O2. The highest BCUT2D eigenvalue weighted by Gasteiger charge is 2.40. The first-order valence-corrected chi connectivity index (χ1v) is 6.75. The van der Waals surface area contributed by atoms with Crippen LogP contribution in [0.5, 0.6) is 5.75 Å². The fourth-order valence-electron chi connectivity index (χ4n) is 3.27. The Morgan fingerprint density at radius 3 is 2.53 bits per heavy atom. The summed E-state index contributed by atoms with van der Waals surface area (Å²) in [7, 11) is 0. The van der Waals surface area contributed by atoms with E-state index in [1.807, 2.05) is 24.3 Å². The molecule has 1 aromatic carbocycles. The summed E-state index contributed by atoms with van der Waals surface area (Å²) in [6.45, 7) is 0. The number of hydrogen-bond donors (Lipinski definition) is 1. The minimum absolute atomic E-state index is 0.0930. The average Bonchev–Trinajstić information content (AvgIpc) is 2.55. The number of aliphatic hydroxyl groups is 1. The Hall–Kier alpha value is -1.02. The smallest absolute Gasteiger partial charge is 0.125 e. The van der Waals surface area contributed by atoms with Gasteiger partial charge in [-0.15, -0.1) is 0 Å². The Labute approximate surface area is 103 Å². The van der Waals surface area contributed by atoms with Crippen molar-refractivity contribution in [3.8, 4) is 5.75 Å². The zero-order chi connectivity index (χ0) is 11.7. The van der Waals surface area contributed by atoms with E-state index < -0.39 is 0 Å². The van der Waals surface area contributed by atoms with Crippen LogP contribution in [0.4, 0.5) is 0 Å². The Balaban J connectivity index is 1.91. The Bertz CT molecular complexity index is 392. The van der Waals surface area contributed by atoms with E-state index in [0.717, 1.165) is 30.6 Å². The molecule has 2 aliphatic rings. The van der Waals surface area contributed by atoms with Gasteiger partial charge in [0.15, 0.2) is 0 Å². The van der Waals surface area contributed by atoms with Crippen LogP contribution < -0.4 is 4.74 Å². The molecule has 2 nitrogen and oxygen atoms in total. The third-order valence-electron chi connectivity index (χ3n) is 4.18. The lowest BCUT2D eigenvalue weighted by Crippen LogP contribution is -2.40. The molecule has 1 heterocycles. The van der Waals surface area contributed by atoms with Crippen LogP contribution in [0.25, 0.3) is 0 Å². The predicted molar refractivity (Wildman–Crippen MR) is 67.1 cm³/mol. The van der Waals surface area contributed by atoms with Crippen LogP contribution in [0.1, 0.15) is 56.6 Å². The number of aliphatic hydroxyl groups excluding tert-OH is 1. The van der Waals surface area contributed by atoms with Gasteiger partial charge in [0, 0.05) is 12.0 Å². The molecule has 0 unspecified atom stereocenters. The molecule has 0 saturated heterocycles. The molecule has 2 heteroatoms. The minimum Gasteiger partial charge on any atom is -0.487 e. The number of rotatable bonds is 0. The number of fused-ring (bicyclic) bond motifs is 1. The molecule has 17 heavy (non-hydrogen) atoms. The summed E-state index contributed by atoms with van der Waals surface area (Å²) in [5, 5.41) is 10.3. The molecule has 0 radical (unpaired) electrons. The monoisotopic (exact) mass is 232 g/mol. The van der Waals surface area contributed by atoms with Crippen LogP contribution in [-0.4, -0.2) is 10.7 Å². The molecule has 92 valence electrons. The van der Waals surface area contributed by atoms with Crippen molar-refractivity contribution in [1.29, 1.82) is 0 Å². The molecule has 1 spiro atoms. The van der Waals surface area contributed by atoms with Crippen molar-refractivity contribution in [1.82, 2.24) is 0 Å². The van der Waals surface area contributed by atoms with Gasteiger partial charge in [-0.2, -0.15) is 0 Å². The lowest BCUT2D eigenvalue weighted by Gasteiger charge is -2.40. The van der Waals surface area contributed by atoms with Gasteiger partial charge in [-0.3, -0.25) is 0 Å². The third-order valence-corrected chi connectivity index (χ3v) is 4.18. The maximum atomic E-state index is 10.3. The Morgan fingerprint density at radius 1 is 1.06 bits per heavy atom. The summed E-state index contributed by atoms with van der Waals surface area (Å²) in [5.41, 5.74) is 0.868. The predicted octanol–water partition coefficient (Wildman–Crippen LogP) is 3.60. The second kappa shape index (κ2) is 4.34. The van der Waals surface area contributed by atoms with Crippen LogP contribution in [0.15, 0.2) is 24.3 Å². The lowest BCUT2D eigenvalue weighted by molar-refractivity contribution is -0.0244. The Morgan fingerprint density at radius 2 is 1.76 bits per heavy atom. The molecule has 1 fully saturated rings. The van der Waals surface area contributed by atoms with Crippen molar-refractivity contribution in [2.45, 2.75) is 56.7 Å². The molecular weight excluding hydrogens is 212 g/mol. The first-order valence-electron chi connectivity index (χ1n) is 6.75. The molecule has 3 rings (SSSR count). The van der Waals surface area contributed by atoms with E-state index in [2.05, 4.69) is 0 Å². The van der Waals surface area contributed by atoms with Gasteiger partial charge in [0.2, 0.25) is 0 Å². The van der Waals surface area contributed by atoms with E-state index in [1.165, 1.54) is 25.7 Å². The molecule has 1 N–H and O–H groups in total. The number of para-hydroxylation sites is 1. The molecule has 1 aromatic rings. The van der Waals surface area contributed by atoms with E-state index in [9.17, 15) is 5.11 Å². The van der Waals surface area contributed by atoms with Crippen molar-refractivity contribution in [3.63, 3.8) is 0 Å². The van der Waals surface area contributed by atoms with Crippen molar-refractivity contribution in [2.75, 3.05) is 0 Å². The molecule has 0 amide bonds. The highest BCUT2D eigenvalue weighted by molar-refractivity contribution is 5.38. The third kappa shape index (κ3) is 2.06. The van der Waals surface area contributed by atoms with Gasteiger partial charge in [0.1, 0.15) is 11.4 Å².